The van der Waals surface area contributed by atoms with Gasteiger partial charge in [-0.15, -0.1) is 0 Å². The summed E-state index contributed by atoms with van der Waals surface area (Å²) in [5, 5.41) is 9.67. The zero-order chi connectivity index (χ0) is 52.0. The molecular formula is C67H114O5. The maximum absolute atomic E-state index is 12.3. The number of allylic oxidation sites excluding steroid dienone is 18. The fraction of sp³-hybridized carbons (Fsp3) is 0.701. The quantitative estimate of drug-likeness (QED) is 0.0373. The van der Waals surface area contributed by atoms with E-state index in [4.69, 9.17) is 9.47 Å². The van der Waals surface area contributed by atoms with Gasteiger partial charge in [0.25, 0.3) is 0 Å². The SMILES string of the molecule is CC/C=C\C/C=C\C/C=C\C/C=C\C/C=C\C/C=C\C/C=C\C/C=C\CCCCCCCCCCC(=O)OC(CO)COC(=O)CCCCCCCCCCCCCCC/C=C\CCCCCCCCCC. The van der Waals surface area contributed by atoms with Crippen LogP contribution in [0, 0.1) is 0 Å². The summed E-state index contributed by atoms with van der Waals surface area (Å²) in [6, 6.07) is 0. The molecule has 0 rings (SSSR count). The first-order valence-electron chi connectivity index (χ1n) is 30.4. The molecule has 0 fully saturated rings. The average molecular weight is 1000 g/mol. The normalized spacial score (nSPS) is 13.0. The Labute approximate surface area is 446 Å². The Hall–Kier alpha value is -3.44. The lowest BCUT2D eigenvalue weighted by molar-refractivity contribution is -0.161. The summed E-state index contributed by atoms with van der Waals surface area (Å²) >= 11 is 0. The Bertz CT molecular complexity index is 1410. The molecule has 5 heteroatoms. The molecule has 1 atom stereocenters. The summed E-state index contributed by atoms with van der Waals surface area (Å²) in [7, 11) is 0. The van der Waals surface area contributed by atoms with E-state index in [2.05, 4.69) is 123 Å². The summed E-state index contributed by atoms with van der Waals surface area (Å²) in [4.78, 5) is 24.6. The zero-order valence-corrected chi connectivity index (χ0v) is 47.2. The molecule has 0 amide bonds. The van der Waals surface area contributed by atoms with E-state index < -0.39 is 6.10 Å². The molecule has 0 aromatic carbocycles. The van der Waals surface area contributed by atoms with E-state index >= 15 is 0 Å². The smallest absolute Gasteiger partial charge is 0.306 e. The fourth-order valence-corrected chi connectivity index (χ4v) is 8.51. The van der Waals surface area contributed by atoms with E-state index in [-0.39, 0.29) is 25.2 Å². The molecule has 0 aromatic heterocycles. The second-order valence-corrected chi connectivity index (χ2v) is 20.0. The predicted octanol–water partition coefficient (Wildman–Crippen LogP) is 20.9. The molecule has 0 radical (unpaired) electrons. The van der Waals surface area contributed by atoms with Gasteiger partial charge in [0, 0.05) is 12.8 Å². The van der Waals surface area contributed by atoms with Crippen LogP contribution in [0.3, 0.4) is 0 Å². The Kier molecular flexibility index (Phi) is 58.9. The van der Waals surface area contributed by atoms with Gasteiger partial charge in [0.15, 0.2) is 6.10 Å². The summed E-state index contributed by atoms with van der Waals surface area (Å²) in [5.74, 6) is -0.598. The molecule has 0 saturated carbocycles. The molecule has 5 nitrogen and oxygen atoms in total. The van der Waals surface area contributed by atoms with Crippen molar-refractivity contribution in [3.05, 3.63) is 109 Å². The number of hydrogen-bond donors (Lipinski definition) is 1. The van der Waals surface area contributed by atoms with Gasteiger partial charge in [0.1, 0.15) is 6.61 Å². The predicted molar refractivity (Wildman–Crippen MR) is 315 cm³/mol. The number of carbonyl (C=O) groups is 2. The maximum Gasteiger partial charge on any atom is 0.306 e. The number of ether oxygens (including phenoxy) is 2. The summed E-state index contributed by atoms with van der Waals surface area (Å²) in [6.45, 7) is 4.04. The number of unbranched alkanes of at least 4 members (excludes halogenated alkanes) is 29. The molecule has 72 heavy (non-hydrogen) atoms. The second kappa shape index (κ2) is 61.9. The Balaban J connectivity index is 3.55. The van der Waals surface area contributed by atoms with Gasteiger partial charge in [-0.05, 0) is 103 Å². The molecule has 0 bridgehead atoms. The van der Waals surface area contributed by atoms with Gasteiger partial charge in [-0.3, -0.25) is 9.59 Å². The zero-order valence-electron chi connectivity index (χ0n) is 47.2. The highest BCUT2D eigenvalue weighted by atomic mass is 16.6. The molecule has 0 aliphatic carbocycles. The van der Waals surface area contributed by atoms with Crippen molar-refractivity contribution in [1.82, 2.24) is 0 Å². The molecule has 0 aliphatic heterocycles. The Morgan fingerprint density at radius 1 is 0.333 bits per heavy atom. The number of esters is 2. The van der Waals surface area contributed by atoms with Gasteiger partial charge >= 0.3 is 11.9 Å². The van der Waals surface area contributed by atoms with Crippen LogP contribution in [-0.4, -0.2) is 36.4 Å². The monoisotopic (exact) mass is 999 g/mol. The lowest BCUT2D eigenvalue weighted by Crippen LogP contribution is -2.28. The van der Waals surface area contributed by atoms with Crippen LogP contribution in [0.4, 0.5) is 0 Å². The molecule has 1 N–H and O–H groups in total. The molecule has 0 heterocycles. The van der Waals surface area contributed by atoms with E-state index in [1.807, 2.05) is 0 Å². The van der Waals surface area contributed by atoms with Gasteiger partial charge < -0.3 is 14.6 Å². The van der Waals surface area contributed by atoms with Gasteiger partial charge in [0.2, 0.25) is 0 Å². The highest BCUT2D eigenvalue weighted by molar-refractivity contribution is 5.70. The number of carbonyl (C=O) groups excluding carboxylic acids is 2. The van der Waals surface area contributed by atoms with E-state index in [9.17, 15) is 14.7 Å². The summed E-state index contributed by atoms with van der Waals surface area (Å²) in [6.07, 6.45) is 89.3. The molecule has 412 valence electrons. The van der Waals surface area contributed by atoms with Gasteiger partial charge in [-0.25, -0.2) is 0 Å². The minimum absolute atomic E-state index is 0.0730. The lowest BCUT2D eigenvalue weighted by atomic mass is 10.0. The number of rotatable bonds is 55. The molecule has 0 aliphatic rings. The highest BCUT2D eigenvalue weighted by Gasteiger charge is 2.16. The van der Waals surface area contributed by atoms with Crippen molar-refractivity contribution in [3.8, 4) is 0 Å². The van der Waals surface area contributed by atoms with Crippen LogP contribution in [0.25, 0.3) is 0 Å². The van der Waals surface area contributed by atoms with Crippen molar-refractivity contribution in [2.45, 2.75) is 290 Å². The molecular weight excluding hydrogens is 885 g/mol. The third-order valence-electron chi connectivity index (χ3n) is 13.1. The third kappa shape index (κ3) is 59.1. The summed E-state index contributed by atoms with van der Waals surface area (Å²) < 4.78 is 10.7. The van der Waals surface area contributed by atoms with Crippen molar-refractivity contribution in [3.63, 3.8) is 0 Å². The van der Waals surface area contributed by atoms with Crippen LogP contribution in [0.2, 0.25) is 0 Å². The first-order valence-corrected chi connectivity index (χ1v) is 30.4. The minimum Gasteiger partial charge on any atom is -0.462 e. The van der Waals surface area contributed by atoms with Gasteiger partial charge in [0.05, 0.1) is 6.61 Å². The van der Waals surface area contributed by atoms with Crippen molar-refractivity contribution in [1.29, 1.82) is 0 Å². The van der Waals surface area contributed by atoms with E-state index in [1.54, 1.807) is 0 Å². The number of hydrogen-bond acceptors (Lipinski definition) is 5. The van der Waals surface area contributed by atoms with Gasteiger partial charge in [-0.2, -0.15) is 0 Å². The topological polar surface area (TPSA) is 72.8 Å². The maximum atomic E-state index is 12.3. The molecule has 0 saturated heterocycles. The third-order valence-corrected chi connectivity index (χ3v) is 13.1. The fourth-order valence-electron chi connectivity index (χ4n) is 8.51. The van der Waals surface area contributed by atoms with E-state index in [1.165, 1.54) is 161 Å². The average Bonchev–Trinajstić information content (AvgIpc) is 3.38. The van der Waals surface area contributed by atoms with E-state index in [0.29, 0.717) is 12.8 Å². The van der Waals surface area contributed by atoms with Crippen LogP contribution in [0.15, 0.2) is 109 Å². The van der Waals surface area contributed by atoms with Crippen molar-refractivity contribution >= 4 is 11.9 Å². The van der Waals surface area contributed by atoms with Crippen molar-refractivity contribution in [2.24, 2.45) is 0 Å². The highest BCUT2D eigenvalue weighted by Crippen LogP contribution is 2.16. The number of aliphatic hydroxyl groups is 1. The first-order chi connectivity index (χ1) is 35.6. The van der Waals surface area contributed by atoms with E-state index in [0.717, 1.165) is 96.3 Å². The first kappa shape index (κ1) is 68.6. The molecule has 0 aromatic rings. The Morgan fingerprint density at radius 3 is 0.917 bits per heavy atom. The van der Waals surface area contributed by atoms with Crippen LogP contribution in [0.1, 0.15) is 284 Å². The minimum atomic E-state index is -0.784. The molecule has 1 unspecified atom stereocenters. The second-order valence-electron chi connectivity index (χ2n) is 20.0. The lowest BCUT2D eigenvalue weighted by Gasteiger charge is -2.15. The Morgan fingerprint density at radius 2 is 0.597 bits per heavy atom. The van der Waals surface area contributed by atoms with Crippen LogP contribution in [0.5, 0.6) is 0 Å². The van der Waals surface area contributed by atoms with Gasteiger partial charge in [-0.1, -0.05) is 277 Å². The van der Waals surface area contributed by atoms with Crippen molar-refractivity contribution in [2.75, 3.05) is 13.2 Å². The molecule has 0 spiro atoms. The van der Waals surface area contributed by atoms with Crippen LogP contribution in [-0.2, 0) is 19.1 Å². The van der Waals surface area contributed by atoms with Crippen LogP contribution < -0.4 is 0 Å². The largest absolute Gasteiger partial charge is 0.462 e. The van der Waals surface area contributed by atoms with Crippen LogP contribution >= 0.6 is 0 Å². The summed E-state index contributed by atoms with van der Waals surface area (Å²) in [5.41, 5.74) is 0. The number of aliphatic hydroxyl groups excluding tert-OH is 1. The standard InChI is InChI=1S/C67H114O5/c1-3-5-7-9-11-13-15-17-19-21-23-25-27-29-30-31-32-33-34-35-36-38-40-42-44-46-48-50-52-54-56-58-60-62-67(70)72-65(63-68)64-71-66(69)61-59-57-55-53-51-49-47-45-43-41-39-37-28-26-24-22-20-18-16-14-12-10-8-6-4-2/h5,7,11,13,17,19,22-25,29-30,32-33,35-36,40,42,65,68H,3-4,6,8-10,12,14-16,18,20-21,26-28,31,34,37-39,41,43-64H2,1-2H3/b7-5-,13-11-,19-17-,24-22-,25-23-,30-29-,33-32-,36-35-,42-40-. The van der Waals surface area contributed by atoms with Crippen molar-refractivity contribution < 1.29 is 24.2 Å².